The summed E-state index contributed by atoms with van der Waals surface area (Å²) in [6.07, 6.45) is 0. The van der Waals surface area contributed by atoms with E-state index in [1.165, 1.54) is 0 Å². The molecule has 0 aliphatic rings. The molecule has 0 unspecified atom stereocenters. The first-order valence-corrected chi connectivity index (χ1v) is 3.78. The number of carboxylic acids is 1. The number of nitrogens with zero attached hydrogens (tertiary/aromatic N) is 3. The summed E-state index contributed by atoms with van der Waals surface area (Å²) in [6.45, 7) is -0.362. The number of azide groups is 1. The van der Waals surface area contributed by atoms with Gasteiger partial charge >= 0.3 is 5.97 Å². The molecule has 0 bridgehead atoms. The fourth-order valence-electron chi connectivity index (χ4n) is 0.981. The summed E-state index contributed by atoms with van der Waals surface area (Å²) in [5.74, 6) is -3.53. The average molecular weight is 213 g/mol. The molecule has 0 aliphatic heterocycles. The van der Waals surface area contributed by atoms with Crippen LogP contribution in [0.1, 0.15) is 15.9 Å². The Morgan fingerprint density at radius 2 is 2.13 bits per heavy atom. The quantitative estimate of drug-likeness (QED) is 0.475. The van der Waals surface area contributed by atoms with Gasteiger partial charge in [-0.2, -0.15) is 0 Å². The Balaban J connectivity index is 3.18. The first-order chi connectivity index (χ1) is 7.06. The Morgan fingerprint density at radius 3 is 2.67 bits per heavy atom. The monoisotopic (exact) mass is 213 g/mol. The first kappa shape index (κ1) is 10.9. The van der Waals surface area contributed by atoms with Gasteiger partial charge < -0.3 is 5.11 Å². The minimum Gasteiger partial charge on any atom is -0.478 e. The van der Waals surface area contributed by atoms with Crippen molar-refractivity contribution >= 4 is 5.97 Å². The van der Waals surface area contributed by atoms with Crippen molar-refractivity contribution in [1.29, 1.82) is 0 Å². The lowest BCUT2D eigenvalue weighted by atomic mass is 10.1. The smallest absolute Gasteiger partial charge is 0.338 e. The lowest BCUT2D eigenvalue weighted by Crippen LogP contribution is -2.03. The van der Waals surface area contributed by atoms with Gasteiger partial charge in [-0.25, -0.2) is 13.6 Å². The van der Waals surface area contributed by atoms with Gasteiger partial charge in [0.2, 0.25) is 0 Å². The number of carbonyl (C=O) groups is 1. The number of aromatic carboxylic acids is 1. The van der Waals surface area contributed by atoms with Crippen molar-refractivity contribution in [2.24, 2.45) is 5.11 Å². The summed E-state index contributed by atoms with van der Waals surface area (Å²) in [7, 11) is 0. The van der Waals surface area contributed by atoms with Crippen LogP contribution in [0.5, 0.6) is 0 Å². The van der Waals surface area contributed by atoms with Crippen molar-refractivity contribution < 1.29 is 18.7 Å². The maximum absolute atomic E-state index is 13.1. The highest BCUT2D eigenvalue weighted by Crippen LogP contribution is 2.15. The topological polar surface area (TPSA) is 86.1 Å². The average Bonchev–Trinajstić information content (AvgIpc) is 2.18. The lowest BCUT2D eigenvalue weighted by molar-refractivity contribution is 0.0691. The van der Waals surface area contributed by atoms with Crippen molar-refractivity contribution in [3.8, 4) is 0 Å². The molecule has 0 aliphatic carbocycles. The molecular weight excluding hydrogens is 208 g/mol. The van der Waals surface area contributed by atoms with E-state index in [-0.39, 0.29) is 12.1 Å². The number of benzene rings is 1. The minimum atomic E-state index is -1.55. The fourth-order valence-corrected chi connectivity index (χ4v) is 0.981. The van der Waals surface area contributed by atoms with E-state index in [1.54, 1.807) is 0 Å². The van der Waals surface area contributed by atoms with Crippen LogP contribution in [0.2, 0.25) is 0 Å². The number of hydrogen-bond donors (Lipinski definition) is 1. The molecule has 78 valence electrons. The van der Waals surface area contributed by atoms with E-state index < -0.39 is 23.2 Å². The Labute approximate surface area is 82.6 Å². The van der Waals surface area contributed by atoms with Gasteiger partial charge in [-0.3, -0.25) is 0 Å². The molecule has 0 amide bonds. The lowest BCUT2D eigenvalue weighted by Gasteiger charge is -2.02. The van der Waals surface area contributed by atoms with E-state index in [9.17, 15) is 13.6 Å². The summed E-state index contributed by atoms with van der Waals surface area (Å²) in [4.78, 5) is 12.8. The molecule has 1 N–H and O–H groups in total. The number of rotatable bonds is 3. The summed E-state index contributed by atoms with van der Waals surface area (Å²) in [6, 6.07) is 1.26. The van der Waals surface area contributed by atoms with Crippen molar-refractivity contribution in [1.82, 2.24) is 0 Å². The number of carboxylic acid groups (broad SMARTS) is 1. The van der Waals surface area contributed by atoms with E-state index in [0.29, 0.717) is 12.1 Å². The Kier molecular flexibility index (Phi) is 3.20. The fraction of sp³-hybridized carbons (Fsp3) is 0.125. The van der Waals surface area contributed by atoms with Crippen LogP contribution in [-0.2, 0) is 6.54 Å². The molecule has 7 heteroatoms. The molecule has 0 atom stereocenters. The van der Waals surface area contributed by atoms with Crippen LogP contribution in [0.3, 0.4) is 0 Å². The highest BCUT2D eigenvalue weighted by molar-refractivity contribution is 5.87. The highest BCUT2D eigenvalue weighted by Gasteiger charge is 2.14. The van der Waals surface area contributed by atoms with Crippen LogP contribution in [0, 0.1) is 11.6 Å². The van der Waals surface area contributed by atoms with Gasteiger partial charge in [0.1, 0.15) is 11.6 Å². The van der Waals surface area contributed by atoms with Gasteiger partial charge in [0.05, 0.1) is 12.1 Å². The van der Waals surface area contributed by atoms with Crippen LogP contribution < -0.4 is 0 Å². The molecule has 0 saturated heterocycles. The maximum atomic E-state index is 13.1. The molecule has 1 aromatic carbocycles. The second-order valence-corrected chi connectivity index (χ2v) is 2.62. The van der Waals surface area contributed by atoms with Gasteiger partial charge in [-0.1, -0.05) is 5.11 Å². The van der Waals surface area contributed by atoms with Gasteiger partial charge in [0.15, 0.2) is 0 Å². The third kappa shape index (κ3) is 2.41. The van der Waals surface area contributed by atoms with Gasteiger partial charge in [0, 0.05) is 4.91 Å². The Hall–Kier alpha value is -2.14. The predicted octanol–water partition coefficient (Wildman–Crippen LogP) is 2.47. The summed E-state index contributed by atoms with van der Waals surface area (Å²) in [5.41, 5.74) is 7.04. The SMILES string of the molecule is [N-]=[N+]=NCc1cc(F)c(C(=O)O)cc1F. The van der Waals surface area contributed by atoms with Crippen molar-refractivity contribution in [3.63, 3.8) is 0 Å². The molecule has 0 aromatic heterocycles. The number of hydrogen-bond acceptors (Lipinski definition) is 2. The van der Waals surface area contributed by atoms with E-state index >= 15 is 0 Å². The summed E-state index contributed by atoms with van der Waals surface area (Å²) >= 11 is 0. The van der Waals surface area contributed by atoms with Crippen molar-refractivity contribution in [2.75, 3.05) is 0 Å². The normalized spacial score (nSPS) is 9.47. The van der Waals surface area contributed by atoms with E-state index in [4.69, 9.17) is 10.6 Å². The van der Waals surface area contributed by atoms with Crippen LogP contribution in [-0.4, -0.2) is 11.1 Å². The van der Waals surface area contributed by atoms with Crippen LogP contribution in [0.15, 0.2) is 17.2 Å². The standard InChI is InChI=1S/C8H5F2N3O2/c9-6-2-5(8(14)15)7(10)1-4(6)3-12-13-11/h1-2H,3H2,(H,14,15). The predicted molar refractivity (Wildman–Crippen MR) is 46.2 cm³/mol. The van der Waals surface area contributed by atoms with Crippen LogP contribution in [0.25, 0.3) is 10.4 Å². The largest absolute Gasteiger partial charge is 0.478 e. The molecule has 0 radical (unpaired) electrons. The molecule has 0 fully saturated rings. The number of halogens is 2. The zero-order chi connectivity index (χ0) is 11.4. The van der Waals surface area contributed by atoms with Gasteiger partial charge in [0.25, 0.3) is 0 Å². The minimum absolute atomic E-state index is 0.185. The van der Waals surface area contributed by atoms with E-state index in [2.05, 4.69) is 10.0 Å². The Bertz CT molecular complexity index is 455. The third-order valence-corrected chi connectivity index (χ3v) is 1.67. The Morgan fingerprint density at radius 1 is 1.47 bits per heavy atom. The van der Waals surface area contributed by atoms with Crippen molar-refractivity contribution in [2.45, 2.75) is 6.54 Å². The summed E-state index contributed by atoms with van der Waals surface area (Å²) in [5, 5.41) is 11.5. The first-order valence-electron chi connectivity index (χ1n) is 3.78. The van der Waals surface area contributed by atoms with E-state index in [0.717, 1.165) is 0 Å². The molecule has 15 heavy (non-hydrogen) atoms. The molecule has 0 saturated carbocycles. The van der Waals surface area contributed by atoms with E-state index in [1.807, 2.05) is 0 Å². The third-order valence-electron chi connectivity index (χ3n) is 1.67. The maximum Gasteiger partial charge on any atom is 0.338 e. The summed E-state index contributed by atoms with van der Waals surface area (Å²) < 4.78 is 26.1. The second-order valence-electron chi connectivity index (χ2n) is 2.62. The molecule has 1 rings (SSSR count). The molecule has 0 spiro atoms. The van der Waals surface area contributed by atoms with Gasteiger partial charge in [-0.05, 0) is 23.2 Å². The zero-order valence-electron chi connectivity index (χ0n) is 7.31. The molecule has 5 nitrogen and oxygen atoms in total. The van der Waals surface area contributed by atoms with Crippen molar-refractivity contribution in [3.05, 3.63) is 45.3 Å². The molecular formula is C8H5F2N3O2. The molecule has 1 aromatic rings. The van der Waals surface area contributed by atoms with Crippen LogP contribution in [0.4, 0.5) is 8.78 Å². The van der Waals surface area contributed by atoms with Crippen LogP contribution >= 0.6 is 0 Å². The second kappa shape index (κ2) is 4.39. The van der Waals surface area contributed by atoms with Gasteiger partial charge in [-0.15, -0.1) is 0 Å². The molecule has 0 heterocycles. The highest BCUT2D eigenvalue weighted by atomic mass is 19.1. The zero-order valence-corrected chi connectivity index (χ0v) is 7.31.